The van der Waals surface area contributed by atoms with Gasteiger partial charge in [0, 0.05) is 10.9 Å². The summed E-state index contributed by atoms with van der Waals surface area (Å²) in [6, 6.07) is 5.07. The van der Waals surface area contributed by atoms with Crippen molar-refractivity contribution in [2.45, 2.75) is 13.8 Å². The molecule has 2 N–H and O–H groups in total. The molecule has 0 atom stereocenters. The van der Waals surface area contributed by atoms with Gasteiger partial charge in [0.1, 0.15) is 17.8 Å². The topological polar surface area (TPSA) is 124 Å². The number of aryl methyl sites for hydroxylation is 2. The SMILES string of the molecule is COc1ccc(OC)c(Nc2ncnc(Nc3nc(C)c(C)s3)c2[N+](=O)[O-])c1. The first kappa shape index (κ1) is 19.3. The molecule has 0 radical (unpaired) electrons. The Bertz CT molecular complexity index is 1000. The zero-order chi connectivity index (χ0) is 20.3. The maximum atomic E-state index is 11.7. The quantitative estimate of drug-likeness (QED) is 0.446. The Kier molecular flexibility index (Phi) is 5.54. The van der Waals surface area contributed by atoms with Gasteiger partial charge < -0.3 is 20.1 Å². The van der Waals surface area contributed by atoms with Crippen LogP contribution in [0.15, 0.2) is 24.5 Å². The average Bonchev–Trinajstić information content (AvgIpc) is 2.98. The summed E-state index contributed by atoms with van der Waals surface area (Å²) in [6.45, 7) is 3.79. The highest BCUT2D eigenvalue weighted by Crippen LogP contribution is 2.37. The second-order valence-electron chi connectivity index (χ2n) is 5.65. The van der Waals surface area contributed by atoms with E-state index < -0.39 is 4.92 Å². The number of nitrogens with one attached hydrogen (secondary N) is 2. The Morgan fingerprint density at radius 2 is 1.82 bits per heavy atom. The molecule has 0 unspecified atom stereocenters. The molecule has 0 spiro atoms. The fourth-order valence-electron chi connectivity index (χ4n) is 2.40. The molecule has 0 saturated heterocycles. The molecule has 10 nitrogen and oxygen atoms in total. The molecule has 0 amide bonds. The van der Waals surface area contributed by atoms with E-state index in [1.54, 1.807) is 18.2 Å². The maximum absolute atomic E-state index is 11.7. The van der Waals surface area contributed by atoms with Crippen molar-refractivity contribution < 1.29 is 14.4 Å². The summed E-state index contributed by atoms with van der Waals surface area (Å²) in [4.78, 5) is 24.6. The third-order valence-corrected chi connectivity index (χ3v) is 4.91. The summed E-state index contributed by atoms with van der Waals surface area (Å²) < 4.78 is 10.5. The number of nitro groups is 1. The molecule has 0 aliphatic carbocycles. The summed E-state index contributed by atoms with van der Waals surface area (Å²) in [5.74, 6) is 1.10. The van der Waals surface area contributed by atoms with Gasteiger partial charge in [0.15, 0.2) is 5.13 Å². The van der Waals surface area contributed by atoms with Gasteiger partial charge in [0.2, 0.25) is 11.6 Å². The normalized spacial score (nSPS) is 10.4. The third kappa shape index (κ3) is 3.93. The van der Waals surface area contributed by atoms with Gasteiger partial charge in [-0.2, -0.15) is 0 Å². The Balaban J connectivity index is 2.01. The molecule has 28 heavy (non-hydrogen) atoms. The maximum Gasteiger partial charge on any atom is 0.353 e. The van der Waals surface area contributed by atoms with E-state index in [1.165, 1.54) is 31.9 Å². The predicted molar refractivity (Wildman–Crippen MR) is 106 cm³/mol. The average molecular weight is 402 g/mol. The zero-order valence-electron chi connectivity index (χ0n) is 15.6. The van der Waals surface area contributed by atoms with Crippen molar-refractivity contribution in [2.24, 2.45) is 0 Å². The van der Waals surface area contributed by atoms with Crippen LogP contribution < -0.4 is 20.1 Å². The molecular weight excluding hydrogens is 384 g/mol. The van der Waals surface area contributed by atoms with Crippen LogP contribution in [-0.2, 0) is 0 Å². The third-order valence-electron chi connectivity index (χ3n) is 3.92. The molecule has 2 aromatic heterocycles. The van der Waals surface area contributed by atoms with Crippen molar-refractivity contribution in [2.75, 3.05) is 24.9 Å². The van der Waals surface area contributed by atoms with Crippen LogP contribution in [0.25, 0.3) is 0 Å². The van der Waals surface area contributed by atoms with Gasteiger partial charge in [-0.1, -0.05) is 0 Å². The first-order valence-corrected chi connectivity index (χ1v) is 8.94. The van der Waals surface area contributed by atoms with Crippen molar-refractivity contribution in [3.8, 4) is 11.5 Å². The van der Waals surface area contributed by atoms with Gasteiger partial charge in [-0.05, 0) is 26.0 Å². The minimum absolute atomic E-state index is 0.0130. The minimum Gasteiger partial charge on any atom is -0.497 e. The molecule has 11 heteroatoms. The highest BCUT2D eigenvalue weighted by molar-refractivity contribution is 7.15. The Labute approximate surface area is 164 Å². The van der Waals surface area contributed by atoms with Crippen LogP contribution in [0.1, 0.15) is 10.6 Å². The van der Waals surface area contributed by atoms with Crippen LogP contribution in [0, 0.1) is 24.0 Å². The summed E-state index contributed by atoms with van der Waals surface area (Å²) in [5.41, 5.74) is 1.01. The lowest BCUT2D eigenvalue weighted by Crippen LogP contribution is -2.06. The van der Waals surface area contributed by atoms with Gasteiger partial charge in [-0.3, -0.25) is 10.1 Å². The second-order valence-corrected chi connectivity index (χ2v) is 6.86. The van der Waals surface area contributed by atoms with E-state index in [0.29, 0.717) is 22.3 Å². The largest absolute Gasteiger partial charge is 0.497 e. The van der Waals surface area contributed by atoms with E-state index in [1.807, 2.05) is 13.8 Å². The second kappa shape index (κ2) is 8.05. The van der Waals surface area contributed by atoms with Crippen LogP contribution in [0.5, 0.6) is 11.5 Å². The smallest absolute Gasteiger partial charge is 0.353 e. The summed E-state index contributed by atoms with van der Waals surface area (Å²) >= 11 is 1.39. The van der Waals surface area contributed by atoms with Gasteiger partial charge in [0.25, 0.3) is 0 Å². The van der Waals surface area contributed by atoms with Gasteiger partial charge >= 0.3 is 5.69 Å². The van der Waals surface area contributed by atoms with E-state index in [2.05, 4.69) is 25.6 Å². The van der Waals surface area contributed by atoms with Crippen molar-refractivity contribution in [1.82, 2.24) is 15.0 Å². The number of anilines is 4. The Morgan fingerprint density at radius 3 is 2.39 bits per heavy atom. The first-order valence-electron chi connectivity index (χ1n) is 8.12. The van der Waals surface area contributed by atoms with E-state index >= 15 is 0 Å². The number of rotatable bonds is 7. The monoisotopic (exact) mass is 402 g/mol. The highest BCUT2D eigenvalue weighted by atomic mass is 32.1. The lowest BCUT2D eigenvalue weighted by molar-refractivity contribution is -0.383. The molecule has 3 aromatic rings. The molecule has 0 aliphatic rings. The summed E-state index contributed by atoms with van der Waals surface area (Å²) in [6.07, 6.45) is 1.23. The number of hydrogen-bond acceptors (Lipinski definition) is 10. The standard InChI is InChI=1S/C17H18N6O4S/c1-9-10(2)28-17(20-9)22-16-14(23(24)25)15(18-8-19-16)21-12-7-11(26-3)5-6-13(12)27-4/h5-8H,1-4H3,(H2,18,19,20,21,22). The fourth-order valence-corrected chi connectivity index (χ4v) is 3.22. The lowest BCUT2D eigenvalue weighted by Gasteiger charge is -2.13. The van der Waals surface area contributed by atoms with Crippen molar-refractivity contribution >= 4 is 39.5 Å². The van der Waals surface area contributed by atoms with Crippen molar-refractivity contribution in [3.63, 3.8) is 0 Å². The number of thiazole rings is 1. The van der Waals surface area contributed by atoms with Crippen molar-refractivity contribution in [1.29, 1.82) is 0 Å². The van der Waals surface area contributed by atoms with Crippen molar-refractivity contribution in [3.05, 3.63) is 45.2 Å². The lowest BCUT2D eigenvalue weighted by atomic mass is 10.2. The molecule has 146 valence electrons. The van der Waals surface area contributed by atoms with Gasteiger partial charge in [-0.25, -0.2) is 15.0 Å². The summed E-state index contributed by atoms with van der Waals surface area (Å²) in [5, 5.41) is 18.1. The molecular formula is C17H18N6O4S. The molecule has 0 saturated carbocycles. The van der Waals surface area contributed by atoms with E-state index in [-0.39, 0.29) is 17.3 Å². The van der Waals surface area contributed by atoms with Crippen LogP contribution in [-0.4, -0.2) is 34.1 Å². The number of hydrogen-bond donors (Lipinski definition) is 2. The predicted octanol–water partition coefficient (Wildman–Crippen LogP) is 3.96. The number of ether oxygens (including phenoxy) is 2. The van der Waals surface area contributed by atoms with Crippen LogP contribution >= 0.6 is 11.3 Å². The number of benzene rings is 1. The van der Waals surface area contributed by atoms with Crippen LogP contribution in [0.3, 0.4) is 0 Å². The van der Waals surface area contributed by atoms with Gasteiger partial charge in [0.05, 0.1) is 30.5 Å². The first-order chi connectivity index (χ1) is 13.4. The van der Waals surface area contributed by atoms with Crippen LogP contribution in [0.2, 0.25) is 0 Å². The molecule has 1 aromatic carbocycles. The molecule has 2 heterocycles. The Hall–Kier alpha value is -3.47. The fraction of sp³-hybridized carbons (Fsp3) is 0.235. The highest BCUT2D eigenvalue weighted by Gasteiger charge is 2.25. The van der Waals surface area contributed by atoms with Gasteiger partial charge in [-0.15, -0.1) is 11.3 Å². The molecule has 0 bridgehead atoms. The number of nitrogens with zero attached hydrogens (tertiary/aromatic N) is 4. The molecule has 3 rings (SSSR count). The zero-order valence-corrected chi connectivity index (χ0v) is 16.5. The minimum atomic E-state index is -0.551. The summed E-state index contributed by atoms with van der Waals surface area (Å²) in [7, 11) is 3.03. The molecule has 0 aliphatic heterocycles. The van der Waals surface area contributed by atoms with E-state index in [9.17, 15) is 10.1 Å². The van der Waals surface area contributed by atoms with E-state index in [4.69, 9.17) is 9.47 Å². The van der Waals surface area contributed by atoms with Crippen LogP contribution in [0.4, 0.5) is 28.1 Å². The number of methoxy groups -OCH3 is 2. The Morgan fingerprint density at radius 1 is 1.11 bits per heavy atom. The van der Waals surface area contributed by atoms with E-state index in [0.717, 1.165) is 10.6 Å². The molecule has 0 fully saturated rings. The number of aromatic nitrogens is 3.